The molecule has 2 rings (SSSR count). The molecule has 7 nitrogen and oxygen atoms in total. The maximum atomic E-state index is 13.6. The minimum Gasteiger partial charge on any atom is -0.452 e. The zero-order valence-corrected chi connectivity index (χ0v) is 15.9. The highest BCUT2D eigenvalue weighted by Crippen LogP contribution is 2.19. The van der Waals surface area contributed by atoms with E-state index in [9.17, 15) is 22.4 Å². The number of anilines is 1. The quantitative estimate of drug-likeness (QED) is 0.665. The van der Waals surface area contributed by atoms with E-state index in [1.807, 2.05) is 0 Å². The Morgan fingerprint density at radius 2 is 1.92 bits per heavy atom. The predicted molar refractivity (Wildman–Crippen MR) is 95.7 cm³/mol. The number of carbonyl (C=O) groups is 2. The minimum absolute atomic E-state index is 0.0380. The molecule has 0 heterocycles. The van der Waals surface area contributed by atoms with Crippen LogP contribution in [0.25, 0.3) is 0 Å². The molecule has 1 amide bonds. The van der Waals surface area contributed by atoms with E-state index in [4.69, 9.17) is 4.74 Å². The highest BCUT2D eigenvalue weighted by atomic mass is 79.9. The van der Waals surface area contributed by atoms with Gasteiger partial charge in [-0.1, -0.05) is 22.0 Å². The number of amides is 1. The molecule has 0 bridgehead atoms. The zero-order valence-electron chi connectivity index (χ0n) is 13.5. The van der Waals surface area contributed by atoms with Crippen LogP contribution in [-0.2, 0) is 19.6 Å². The monoisotopic (exact) mass is 444 g/mol. The van der Waals surface area contributed by atoms with Gasteiger partial charge in [0, 0.05) is 4.47 Å². The molecule has 0 unspecified atom stereocenters. The van der Waals surface area contributed by atoms with E-state index < -0.39 is 34.3 Å². The number of halogens is 2. The van der Waals surface area contributed by atoms with Gasteiger partial charge in [-0.25, -0.2) is 22.3 Å². The van der Waals surface area contributed by atoms with E-state index in [-0.39, 0.29) is 16.1 Å². The zero-order chi connectivity index (χ0) is 19.3. The van der Waals surface area contributed by atoms with Crippen LogP contribution in [0.3, 0.4) is 0 Å². The normalized spacial score (nSPS) is 11.0. The summed E-state index contributed by atoms with van der Waals surface area (Å²) in [7, 11) is -2.48. The second-order valence-corrected chi connectivity index (χ2v) is 7.79. The number of esters is 1. The Labute approximate surface area is 157 Å². The van der Waals surface area contributed by atoms with Crippen LogP contribution in [0, 0.1) is 5.82 Å². The van der Waals surface area contributed by atoms with Crippen LogP contribution < -0.4 is 10.0 Å². The summed E-state index contributed by atoms with van der Waals surface area (Å²) in [4.78, 5) is 23.7. The minimum atomic E-state index is -3.72. The molecule has 0 saturated carbocycles. The van der Waals surface area contributed by atoms with Crippen LogP contribution >= 0.6 is 15.9 Å². The van der Waals surface area contributed by atoms with Gasteiger partial charge in [-0.15, -0.1) is 0 Å². The molecule has 0 fully saturated rings. The molecule has 10 heteroatoms. The van der Waals surface area contributed by atoms with Gasteiger partial charge in [0.1, 0.15) is 5.82 Å². The lowest BCUT2D eigenvalue weighted by atomic mass is 10.2. The molecular weight excluding hydrogens is 431 g/mol. The van der Waals surface area contributed by atoms with Crippen LogP contribution in [0.2, 0.25) is 0 Å². The van der Waals surface area contributed by atoms with E-state index in [0.29, 0.717) is 4.47 Å². The summed E-state index contributed by atoms with van der Waals surface area (Å²) in [6.07, 6.45) is 0. The van der Waals surface area contributed by atoms with E-state index >= 15 is 0 Å². The first-order chi connectivity index (χ1) is 12.2. The van der Waals surface area contributed by atoms with Crippen molar-refractivity contribution in [2.24, 2.45) is 0 Å². The van der Waals surface area contributed by atoms with Gasteiger partial charge in [-0.05, 0) is 43.4 Å². The molecule has 2 aromatic carbocycles. The topological polar surface area (TPSA) is 102 Å². The Morgan fingerprint density at radius 1 is 1.19 bits per heavy atom. The van der Waals surface area contributed by atoms with E-state index in [1.165, 1.54) is 37.4 Å². The van der Waals surface area contributed by atoms with Crippen molar-refractivity contribution in [1.29, 1.82) is 0 Å². The molecule has 0 aliphatic heterocycles. The largest absolute Gasteiger partial charge is 0.452 e. The second-order valence-electron chi connectivity index (χ2n) is 4.98. The lowest BCUT2D eigenvalue weighted by Crippen LogP contribution is -2.22. The number of sulfonamides is 1. The molecule has 26 heavy (non-hydrogen) atoms. The smallest absolute Gasteiger partial charge is 0.338 e. The third-order valence-electron chi connectivity index (χ3n) is 3.19. The van der Waals surface area contributed by atoms with Gasteiger partial charge in [-0.2, -0.15) is 0 Å². The first-order valence-electron chi connectivity index (χ1n) is 7.18. The number of hydrogen-bond donors (Lipinski definition) is 2. The Balaban J connectivity index is 2.00. The standard InChI is InChI=1S/C16H14BrFN2O5S/c1-19-26(23,24)12-4-2-3-10(7-12)16(22)25-9-15(21)20-14-6-5-11(17)8-13(14)18/h2-8,19H,9H2,1H3,(H,20,21). The molecule has 0 spiro atoms. The van der Waals surface area contributed by atoms with Crippen LogP contribution in [-0.4, -0.2) is 33.9 Å². The number of benzene rings is 2. The van der Waals surface area contributed by atoms with Crippen molar-refractivity contribution in [3.05, 3.63) is 58.3 Å². The fourth-order valence-electron chi connectivity index (χ4n) is 1.90. The summed E-state index contributed by atoms with van der Waals surface area (Å²) in [5.74, 6) is -2.27. The molecule has 0 saturated heterocycles. The van der Waals surface area contributed by atoms with Crippen molar-refractivity contribution < 1.29 is 27.1 Å². The van der Waals surface area contributed by atoms with E-state index in [2.05, 4.69) is 26.0 Å². The maximum Gasteiger partial charge on any atom is 0.338 e. The summed E-state index contributed by atoms with van der Waals surface area (Å²) in [6, 6.07) is 9.23. The van der Waals surface area contributed by atoms with Crippen LogP contribution in [0.4, 0.5) is 10.1 Å². The Hall–Kier alpha value is -2.30. The molecule has 138 valence electrons. The summed E-state index contributed by atoms with van der Waals surface area (Å²) in [6.45, 7) is -0.655. The van der Waals surface area contributed by atoms with Crippen LogP contribution in [0.5, 0.6) is 0 Å². The molecule has 0 atom stereocenters. The van der Waals surface area contributed by atoms with Crippen molar-refractivity contribution >= 4 is 43.5 Å². The number of hydrogen-bond acceptors (Lipinski definition) is 5. The van der Waals surface area contributed by atoms with Gasteiger partial charge >= 0.3 is 5.97 Å². The van der Waals surface area contributed by atoms with Crippen molar-refractivity contribution in [3.63, 3.8) is 0 Å². The average molecular weight is 445 g/mol. The Kier molecular flexibility index (Phi) is 6.46. The average Bonchev–Trinajstić information content (AvgIpc) is 2.62. The third kappa shape index (κ3) is 5.10. The molecule has 0 aliphatic carbocycles. The molecule has 0 aliphatic rings. The van der Waals surface area contributed by atoms with Gasteiger partial charge in [-0.3, -0.25) is 4.79 Å². The van der Waals surface area contributed by atoms with Crippen molar-refractivity contribution in [2.45, 2.75) is 4.90 Å². The summed E-state index contributed by atoms with van der Waals surface area (Å²) < 4.78 is 44.6. The SMILES string of the molecule is CNS(=O)(=O)c1cccc(C(=O)OCC(=O)Nc2ccc(Br)cc2F)c1. The third-order valence-corrected chi connectivity index (χ3v) is 5.09. The van der Waals surface area contributed by atoms with Crippen LogP contribution in [0.15, 0.2) is 51.8 Å². The number of rotatable bonds is 6. The molecule has 0 aromatic heterocycles. The number of carbonyl (C=O) groups excluding carboxylic acids is 2. The molecule has 2 aromatic rings. The van der Waals surface area contributed by atoms with Crippen molar-refractivity contribution in [2.75, 3.05) is 19.0 Å². The summed E-state index contributed by atoms with van der Waals surface area (Å²) >= 11 is 3.09. The van der Waals surface area contributed by atoms with Gasteiger partial charge in [0.25, 0.3) is 5.91 Å². The van der Waals surface area contributed by atoms with Crippen LogP contribution in [0.1, 0.15) is 10.4 Å². The van der Waals surface area contributed by atoms with Gasteiger partial charge < -0.3 is 10.1 Å². The molecule has 2 N–H and O–H groups in total. The lowest BCUT2D eigenvalue weighted by molar-refractivity contribution is -0.119. The maximum absolute atomic E-state index is 13.6. The van der Waals surface area contributed by atoms with Gasteiger partial charge in [0.2, 0.25) is 10.0 Å². The van der Waals surface area contributed by atoms with E-state index in [1.54, 1.807) is 6.07 Å². The predicted octanol–water partition coefficient (Wildman–Crippen LogP) is 2.29. The summed E-state index contributed by atoms with van der Waals surface area (Å²) in [5.41, 5.74) is -0.0969. The number of nitrogens with one attached hydrogen (secondary N) is 2. The molecular formula is C16H14BrFN2O5S. The van der Waals surface area contributed by atoms with Crippen molar-refractivity contribution in [1.82, 2.24) is 4.72 Å². The second kappa shape index (κ2) is 8.39. The van der Waals surface area contributed by atoms with E-state index in [0.717, 1.165) is 6.07 Å². The fraction of sp³-hybridized carbons (Fsp3) is 0.125. The Bertz CT molecular complexity index is 949. The molecule has 0 radical (unpaired) electrons. The van der Waals surface area contributed by atoms with Gasteiger partial charge in [0.05, 0.1) is 16.1 Å². The van der Waals surface area contributed by atoms with Gasteiger partial charge in [0.15, 0.2) is 6.61 Å². The highest BCUT2D eigenvalue weighted by molar-refractivity contribution is 9.10. The Morgan fingerprint density at radius 3 is 2.58 bits per heavy atom. The fourth-order valence-corrected chi connectivity index (χ4v) is 3.01. The number of ether oxygens (including phenoxy) is 1. The first-order valence-corrected chi connectivity index (χ1v) is 9.46. The lowest BCUT2D eigenvalue weighted by Gasteiger charge is -2.08. The first kappa shape index (κ1) is 20.0. The summed E-state index contributed by atoms with van der Waals surface area (Å²) in [5, 5.41) is 2.27. The highest BCUT2D eigenvalue weighted by Gasteiger charge is 2.16. The van der Waals surface area contributed by atoms with Crippen molar-refractivity contribution in [3.8, 4) is 0 Å².